The minimum absolute atomic E-state index is 0.133. The first-order valence-corrected chi connectivity index (χ1v) is 8.12. The second-order valence-electron chi connectivity index (χ2n) is 5.93. The Hall–Kier alpha value is -1.91. The van der Waals surface area contributed by atoms with Crippen molar-refractivity contribution in [3.63, 3.8) is 0 Å². The van der Waals surface area contributed by atoms with Crippen molar-refractivity contribution in [1.82, 2.24) is 10.6 Å². The van der Waals surface area contributed by atoms with E-state index < -0.39 is 0 Å². The summed E-state index contributed by atoms with van der Waals surface area (Å²) < 4.78 is 18.9. The van der Waals surface area contributed by atoms with Crippen molar-refractivity contribution >= 4 is 0 Å². The summed E-state index contributed by atoms with van der Waals surface area (Å²) in [5, 5.41) is 7.13. The Labute approximate surface area is 136 Å². The van der Waals surface area contributed by atoms with Crippen LogP contribution in [0.5, 0.6) is 5.75 Å². The smallest absolute Gasteiger partial charge is 0.123 e. The lowest BCUT2D eigenvalue weighted by atomic mass is 9.92. The summed E-state index contributed by atoms with van der Waals surface area (Å²) in [7, 11) is 1.69. The zero-order valence-electron chi connectivity index (χ0n) is 13.4. The lowest BCUT2D eigenvalue weighted by Gasteiger charge is -2.34. The van der Waals surface area contributed by atoms with E-state index in [1.54, 1.807) is 19.2 Å². The lowest BCUT2D eigenvalue weighted by Crippen LogP contribution is -2.45. The van der Waals surface area contributed by atoms with E-state index in [0.717, 1.165) is 42.8 Å². The van der Waals surface area contributed by atoms with Gasteiger partial charge in [0.25, 0.3) is 0 Å². The topological polar surface area (TPSA) is 33.3 Å². The van der Waals surface area contributed by atoms with E-state index in [-0.39, 0.29) is 17.9 Å². The molecule has 0 bridgehead atoms. The Bertz CT molecular complexity index is 647. The van der Waals surface area contributed by atoms with Crippen molar-refractivity contribution in [3.05, 3.63) is 65.5 Å². The summed E-state index contributed by atoms with van der Waals surface area (Å²) in [5.74, 6) is 0.712. The predicted molar refractivity (Wildman–Crippen MR) is 90.0 cm³/mol. The molecule has 0 aliphatic carbocycles. The van der Waals surface area contributed by atoms with E-state index in [0.29, 0.717) is 0 Å². The number of hydrogen-bond donors (Lipinski definition) is 2. The summed E-state index contributed by atoms with van der Waals surface area (Å²) in [4.78, 5) is 0. The van der Waals surface area contributed by atoms with Crippen LogP contribution in [0.25, 0.3) is 0 Å². The summed E-state index contributed by atoms with van der Waals surface area (Å²) in [6, 6.07) is 15.3. The molecule has 1 aliphatic rings. The van der Waals surface area contributed by atoms with Gasteiger partial charge in [0.2, 0.25) is 0 Å². The minimum atomic E-state index is -0.182. The second-order valence-corrected chi connectivity index (χ2v) is 5.93. The van der Waals surface area contributed by atoms with Crippen LogP contribution in [-0.2, 0) is 6.54 Å². The van der Waals surface area contributed by atoms with Gasteiger partial charge in [0, 0.05) is 24.2 Å². The van der Waals surface area contributed by atoms with Gasteiger partial charge in [-0.15, -0.1) is 0 Å². The first-order chi connectivity index (χ1) is 11.3. The molecule has 3 nitrogen and oxygen atoms in total. The normalized spacial score (nSPS) is 21.1. The molecule has 0 saturated carbocycles. The van der Waals surface area contributed by atoms with E-state index in [2.05, 4.69) is 16.7 Å². The Morgan fingerprint density at radius 2 is 2.09 bits per heavy atom. The molecule has 2 N–H and O–H groups in total. The molecular formula is C19H23FN2O. The van der Waals surface area contributed by atoms with Gasteiger partial charge < -0.3 is 15.4 Å². The first-order valence-electron chi connectivity index (χ1n) is 8.12. The number of halogens is 1. The number of rotatable bonds is 5. The number of ether oxygens (including phenoxy) is 1. The van der Waals surface area contributed by atoms with Crippen molar-refractivity contribution in [2.45, 2.75) is 31.5 Å². The molecule has 0 aromatic heterocycles. The van der Waals surface area contributed by atoms with Crippen molar-refractivity contribution in [3.8, 4) is 5.75 Å². The maximum Gasteiger partial charge on any atom is 0.123 e. The predicted octanol–water partition coefficient (Wildman–Crippen LogP) is 3.42. The van der Waals surface area contributed by atoms with Crippen LogP contribution < -0.4 is 15.4 Å². The molecule has 2 atom stereocenters. The highest BCUT2D eigenvalue weighted by Crippen LogP contribution is 2.25. The molecule has 1 fully saturated rings. The maximum absolute atomic E-state index is 13.5. The number of nitrogens with one attached hydrogen (secondary N) is 2. The van der Waals surface area contributed by atoms with Crippen molar-refractivity contribution in [2.24, 2.45) is 0 Å². The molecule has 23 heavy (non-hydrogen) atoms. The molecule has 3 rings (SSSR count). The fourth-order valence-electron chi connectivity index (χ4n) is 3.25. The van der Waals surface area contributed by atoms with Gasteiger partial charge in [0.1, 0.15) is 11.6 Å². The second kappa shape index (κ2) is 7.57. The number of hydrogen-bond acceptors (Lipinski definition) is 3. The van der Waals surface area contributed by atoms with Crippen LogP contribution in [0.3, 0.4) is 0 Å². The van der Waals surface area contributed by atoms with Crippen LogP contribution >= 0.6 is 0 Å². The van der Waals surface area contributed by atoms with Crippen molar-refractivity contribution in [1.29, 1.82) is 0 Å². The summed E-state index contributed by atoms with van der Waals surface area (Å²) >= 11 is 0. The average molecular weight is 314 g/mol. The zero-order chi connectivity index (χ0) is 16.1. The van der Waals surface area contributed by atoms with Crippen LogP contribution in [0, 0.1) is 5.82 Å². The van der Waals surface area contributed by atoms with E-state index in [1.165, 1.54) is 6.07 Å². The van der Waals surface area contributed by atoms with Crippen LogP contribution in [0.15, 0.2) is 48.5 Å². The Kier molecular flexibility index (Phi) is 5.26. The lowest BCUT2D eigenvalue weighted by molar-refractivity contribution is 0.302. The highest BCUT2D eigenvalue weighted by Gasteiger charge is 2.26. The molecular weight excluding hydrogens is 291 g/mol. The summed E-state index contributed by atoms with van der Waals surface area (Å²) in [5.41, 5.74) is 2.14. The molecule has 0 spiro atoms. The van der Waals surface area contributed by atoms with Crippen molar-refractivity contribution in [2.75, 3.05) is 13.7 Å². The van der Waals surface area contributed by atoms with Crippen LogP contribution in [0.4, 0.5) is 4.39 Å². The third-order valence-electron chi connectivity index (χ3n) is 4.41. The standard InChI is InChI=1S/C19H23FN2O/c1-23-18-10-3-2-6-15(18)13-22-17-9-5-11-21-19(17)14-7-4-8-16(20)12-14/h2-4,6-8,10,12,17,19,21-22H,5,9,11,13H2,1H3. The average Bonchev–Trinajstić information content (AvgIpc) is 2.60. The molecule has 2 aromatic carbocycles. The fourth-order valence-corrected chi connectivity index (χ4v) is 3.25. The minimum Gasteiger partial charge on any atom is -0.496 e. The highest BCUT2D eigenvalue weighted by molar-refractivity contribution is 5.33. The SMILES string of the molecule is COc1ccccc1CNC1CCCNC1c1cccc(F)c1. The number of benzene rings is 2. The van der Waals surface area contributed by atoms with Gasteiger partial charge in [-0.1, -0.05) is 30.3 Å². The van der Waals surface area contributed by atoms with Gasteiger partial charge in [0.15, 0.2) is 0 Å². The number of piperidine rings is 1. The molecule has 2 aromatic rings. The number of methoxy groups -OCH3 is 1. The number of para-hydroxylation sites is 1. The third-order valence-corrected chi connectivity index (χ3v) is 4.41. The van der Waals surface area contributed by atoms with Crippen LogP contribution in [0.1, 0.15) is 30.0 Å². The van der Waals surface area contributed by atoms with Gasteiger partial charge in [-0.25, -0.2) is 4.39 Å². The van der Waals surface area contributed by atoms with Crippen molar-refractivity contribution < 1.29 is 9.13 Å². The molecule has 1 aliphatic heterocycles. The van der Waals surface area contributed by atoms with E-state index in [4.69, 9.17) is 4.74 Å². The molecule has 2 unspecified atom stereocenters. The molecule has 1 heterocycles. The maximum atomic E-state index is 13.5. The Morgan fingerprint density at radius 1 is 1.22 bits per heavy atom. The quantitative estimate of drug-likeness (QED) is 0.887. The fraction of sp³-hybridized carbons (Fsp3) is 0.368. The van der Waals surface area contributed by atoms with Crippen LogP contribution in [-0.4, -0.2) is 19.7 Å². The van der Waals surface area contributed by atoms with Gasteiger partial charge in [-0.2, -0.15) is 0 Å². The van der Waals surface area contributed by atoms with E-state index in [9.17, 15) is 4.39 Å². The summed E-state index contributed by atoms with van der Waals surface area (Å²) in [6.07, 6.45) is 2.19. The molecule has 0 amide bonds. The Balaban J connectivity index is 1.72. The zero-order valence-corrected chi connectivity index (χ0v) is 13.4. The van der Waals surface area contributed by atoms with Gasteiger partial charge in [-0.05, 0) is 43.1 Å². The van der Waals surface area contributed by atoms with E-state index in [1.807, 2.05) is 24.3 Å². The van der Waals surface area contributed by atoms with Gasteiger partial charge >= 0.3 is 0 Å². The molecule has 122 valence electrons. The Morgan fingerprint density at radius 3 is 2.91 bits per heavy atom. The molecule has 1 saturated heterocycles. The first kappa shape index (κ1) is 16.0. The molecule has 4 heteroatoms. The largest absolute Gasteiger partial charge is 0.496 e. The van der Waals surface area contributed by atoms with Gasteiger partial charge in [-0.3, -0.25) is 0 Å². The monoisotopic (exact) mass is 314 g/mol. The third kappa shape index (κ3) is 3.89. The van der Waals surface area contributed by atoms with Crippen LogP contribution in [0.2, 0.25) is 0 Å². The highest BCUT2D eigenvalue weighted by atomic mass is 19.1. The van der Waals surface area contributed by atoms with E-state index >= 15 is 0 Å². The molecule has 0 radical (unpaired) electrons. The summed E-state index contributed by atoms with van der Waals surface area (Å²) in [6.45, 7) is 1.70. The van der Waals surface area contributed by atoms with Gasteiger partial charge in [0.05, 0.1) is 7.11 Å².